The number of ether oxygens (including phenoxy) is 1. The highest BCUT2D eigenvalue weighted by molar-refractivity contribution is 5.78. The number of anilines is 1. The Morgan fingerprint density at radius 2 is 1.81 bits per heavy atom. The molecule has 1 aliphatic rings. The SMILES string of the molecule is Cc1ccccc1N1CCN(C(=O)COCC(=O)O)CC1. The summed E-state index contributed by atoms with van der Waals surface area (Å²) in [6.07, 6.45) is 0. The van der Waals surface area contributed by atoms with Crippen molar-refractivity contribution in [3.63, 3.8) is 0 Å². The first-order valence-corrected chi connectivity index (χ1v) is 6.96. The fourth-order valence-electron chi connectivity index (χ4n) is 2.43. The molecule has 1 aromatic rings. The highest BCUT2D eigenvalue weighted by Gasteiger charge is 2.22. The van der Waals surface area contributed by atoms with Crippen molar-refractivity contribution >= 4 is 17.6 Å². The number of amides is 1. The number of para-hydroxylation sites is 1. The van der Waals surface area contributed by atoms with Crippen LogP contribution < -0.4 is 4.90 Å². The number of carboxylic acid groups (broad SMARTS) is 1. The van der Waals surface area contributed by atoms with Gasteiger partial charge >= 0.3 is 5.97 Å². The number of benzene rings is 1. The molecule has 0 atom stereocenters. The fourth-order valence-corrected chi connectivity index (χ4v) is 2.43. The lowest BCUT2D eigenvalue weighted by molar-refractivity contribution is -0.145. The average molecular weight is 292 g/mol. The topological polar surface area (TPSA) is 70.1 Å². The van der Waals surface area contributed by atoms with Gasteiger partial charge in [0, 0.05) is 31.9 Å². The van der Waals surface area contributed by atoms with Crippen molar-refractivity contribution < 1.29 is 19.4 Å². The van der Waals surface area contributed by atoms with Crippen LogP contribution in [0.5, 0.6) is 0 Å². The Balaban J connectivity index is 1.82. The van der Waals surface area contributed by atoms with E-state index >= 15 is 0 Å². The van der Waals surface area contributed by atoms with Crippen molar-refractivity contribution in [1.29, 1.82) is 0 Å². The molecule has 0 bridgehead atoms. The van der Waals surface area contributed by atoms with E-state index in [-0.39, 0.29) is 12.5 Å². The summed E-state index contributed by atoms with van der Waals surface area (Å²) < 4.78 is 4.84. The van der Waals surface area contributed by atoms with Gasteiger partial charge in [-0.15, -0.1) is 0 Å². The maximum atomic E-state index is 11.9. The van der Waals surface area contributed by atoms with E-state index in [0.717, 1.165) is 13.1 Å². The number of aryl methyl sites for hydroxylation is 1. The zero-order chi connectivity index (χ0) is 15.2. The Bertz CT molecular complexity index is 510. The van der Waals surface area contributed by atoms with Gasteiger partial charge < -0.3 is 19.6 Å². The first-order chi connectivity index (χ1) is 10.1. The van der Waals surface area contributed by atoms with Gasteiger partial charge in [-0.25, -0.2) is 4.79 Å². The molecule has 1 N–H and O–H groups in total. The molecule has 0 aromatic heterocycles. The van der Waals surface area contributed by atoms with Gasteiger partial charge in [-0.3, -0.25) is 4.79 Å². The number of aliphatic carboxylic acids is 1. The molecule has 114 valence electrons. The molecule has 1 aromatic carbocycles. The second-order valence-corrected chi connectivity index (χ2v) is 5.04. The zero-order valence-corrected chi connectivity index (χ0v) is 12.1. The van der Waals surface area contributed by atoms with E-state index < -0.39 is 12.6 Å². The molecule has 1 heterocycles. The van der Waals surface area contributed by atoms with Crippen LogP contribution in [0.1, 0.15) is 5.56 Å². The standard InChI is InChI=1S/C15H20N2O4/c1-12-4-2-3-5-13(12)16-6-8-17(9-7-16)14(18)10-21-11-15(19)20/h2-5H,6-11H2,1H3,(H,19,20). The van der Waals surface area contributed by atoms with Gasteiger partial charge in [0.05, 0.1) is 0 Å². The van der Waals surface area contributed by atoms with E-state index in [1.54, 1.807) is 4.90 Å². The van der Waals surface area contributed by atoms with E-state index in [1.165, 1.54) is 11.3 Å². The van der Waals surface area contributed by atoms with E-state index in [0.29, 0.717) is 13.1 Å². The van der Waals surface area contributed by atoms with Gasteiger partial charge in [-0.2, -0.15) is 0 Å². The summed E-state index contributed by atoms with van der Waals surface area (Å²) in [4.78, 5) is 26.2. The number of carboxylic acids is 1. The van der Waals surface area contributed by atoms with Gasteiger partial charge in [-0.05, 0) is 18.6 Å². The maximum Gasteiger partial charge on any atom is 0.329 e. The highest BCUT2D eigenvalue weighted by atomic mass is 16.5. The molecule has 1 saturated heterocycles. The summed E-state index contributed by atoms with van der Waals surface area (Å²) in [6, 6.07) is 8.19. The number of carbonyl (C=O) groups is 2. The molecule has 2 rings (SSSR count). The zero-order valence-electron chi connectivity index (χ0n) is 12.1. The third-order valence-corrected chi connectivity index (χ3v) is 3.54. The van der Waals surface area contributed by atoms with Crippen molar-refractivity contribution in [1.82, 2.24) is 4.90 Å². The molecule has 21 heavy (non-hydrogen) atoms. The molecule has 0 saturated carbocycles. The van der Waals surface area contributed by atoms with E-state index in [4.69, 9.17) is 9.84 Å². The minimum Gasteiger partial charge on any atom is -0.480 e. The predicted octanol–water partition coefficient (Wildman–Crippen LogP) is 0.745. The van der Waals surface area contributed by atoms with E-state index in [1.807, 2.05) is 12.1 Å². The number of rotatable bonds is 5. The summed E-state index contributed by atoms with van der Waals surface area (Å²) in [5.74, 6) is -1.21. The average Bonchev–Trinajstić information content (AvgIpc) is 2.47. The van der Waals surface area contributed by atoms with Crippen molar-refractivity contribution in [2.45, 2.75) is 6.92 Å². The van der Waals surface area contributed by atoms with Crippen LogP contribution in [0, 0.1) is 6.92 Å². The van der Waals surface area contributed by atoms with E-state index in [2.05, 4.69) is 24.0 Å². The minimum absolute atomic E-state index is 0.152. The summed E-state index contributed by atoms with van der Waals surface area (Å²) in [5.41, 5.74) is 2.42. The smallest absolute Gasteiger partial charge is 0.329 e. The largest absolute Gasteiger partial charge is 0.480 e. The van der Waals surface area contributed by atoms with Crippen molar-refractivity contribution in [2.75, 3.05) is 44.3 Å². The van der Waals surface area contributed by atoms with Gasteiger partial charge in [-0.1, -0.05) is 18.2 Å². The van der Waals surface area contributed by atoms with Crippen LogP contribution in [0.15, 0.2) is 24.3 Å². The molecule has 1 amide bonds. The monoisotopic (exact) mass is 292 g/mol. The number of piperazine rings is 1. The van der Waals surface area contributed by atoms with Crippen LogP contribution >= 0.6 is 0 Å². The fraction of sp³-hybridized carbons (Fsp3) is 0.467. The Morgan fingerprint density at radius 3 is 2.43 bits per heavy atom. The molecule has 6 nitrogen and oxygen atoms in total. The third kappa shape index (κ3) is 4.19. The predicted molar refractivity (Wildman–Crippen MR) is 78.4 cm³/mol. The van der Waals surface area contributed by atoms with E-state index in [9.17, 15) is 9.59 Å². The second-order valence-electron chi connectivity index (χ2n) is 5.04. The Kier molecular flexibility index (Phi) is 5.16. The van der Waals surface area contributed by atoms with Crippen LogP contribution in [-0.4, -0.2) is 61.3 Å². The number of hydrogen-bond acceptors (Lipinski definition) is 4. The Morgan fingerprint density at radius 1 is 1.14 bits per heavy atom. The molecular weight excluding hydrogens is 272 g/mol. The normalized spacial score (nSPS) is 15.1. The first-order valence-electron chi connectivity index (χ1n) is 6.96. The molecule has 1 fully saturated rings. The summed E-state index contributed by atoms with van der Waals surface area (Å²) in [6.45, 7) is 4.27. The number of carbonyl (C=O) groups excluding carboxylic acids is 1. The first kappa shape index (κ1) is 15.3. The number of nitrogens with zero attached hydrogens (tertiary/aromatic N) is 2. The van der Waals surface area contributed by atoms with Gasteiger partial charge in [0.25, 0.3) is 0 Å². The quantitative estimate of drug-likeness (QED) is 0.867. The van der Waals surface area contributed by atoms with Crippen LogP contribution in [0.3, 0.4) is 0 Å². The van der Waals surface area contributed by atoms with Crippen molar-refractivity contribution in [3.05, 3.63) is 29.8 Å². The lowest BCUT2D eigenvalue weighted by Crippen LogP contribution is -2.50. The maximum absolute atomic E-state index is 11.9. The molecule has 0 unspecified atom stereocenters. The summed E-state index contributed by atoms with van der Waals surface area (Å²) in [5, 5.41) is 8.47. The lowest BCUT2D eigenvalue weighted by atomic mass is 10.1. The van der Waals surface area contributed by atoms with Crippen LogP contribution in [0.4, 0.5) is 5.69 Å². The van der Waals surface area contributed by atoms with Crippen molar-refractivity contribution in [3.8, 4) is 0 Å². The lowest BCUT2D eigenvalue weighted by Gasteiger charge is -2.36. The second kappa shape index (κ2) is 7.08. The van der Waals surface area contributed by atoms with Crippen LogP contribution in [-0.2, 0) is 14.3 Å². The molecule has 1 aliphatic heterocycles. The number of hydrogen-bond donors (Lipinski definition) is 1. The molecular formula is C15H20N2O4. The molecule has 0 radical (unpaired) electrons. The van der Waals surface area contributed by atoms with Gasteiger partial charge in [0.1, 0.15) is 13.2 Å². The highest BCUT2D eigenvalue weighted by Crippen LogP contribution is 2.20. The minimum atomic E-state index is -1.06. The summed E-state index contributed by atoms with van der Waals surface area (Å²) in [7, 11) is 0. The van der Waals surface area contributed by atoms with Crippen LogP contribution in [0.2, 0.25) is 0 Å². The van der Waals surface area contributed by atoms with Gasteiger partial charge in [0.2, 0.25) is 5.91 Å². The van der Waals surface area contributed by atoms with Crippen molar-refractivity contribution in [2.24, 2.45) is 0 Å². The molecule has 6 heteroatoms. The summed E-state index contributed by atoms with van der Waals surface area (Å²) >= 11 is 0. The molecule has 0 spiro atoms. The Labute approximate surface area is 123 Å². The van der Waals surface area contributed by atoms with Gasteiger partial charge in [0.15, 0.2) is 0 Å². The Hall–Kier alpha value is -2.08. The van der Waals surface area contributed by atoms with Crippen LogP contribution in [0.25, 0.3) is 0 Å². The third-order valence-electron chi connectivity index (χ3n) is 3.54. The molecule has 0 aliphatic carbocycles.